The van der Waals surface area contributed by atoms with Crippen LogP contribution in [0.1, 0.15) is 0 Å². The van der Waals surface area contributed by atoms with Crippen LogP contribution in [0.2, 0.25) is 0 Å². The molecule has 0 amide bonds. The van der Waals surface area contributed by atoms with Gasteiger partial charge in [0.1, 0.15) is 0 Å². The van der Waals surface area contributed by atoms with Crippen molar-refractivity contribution >= 4 is 0 Å². The molecule has 0 radical (unpaired) electrons. The van der Waals surface area contributed by atoms with Gasteiger partial charge < -0.3 is 15.8 Å². The highest BCUT2D eigenvalue weighted by atomic mass is 16.5. The molecule has 3 N–H and O–H groups in total. The molecule has 1 heterocycles. The van der Waals surface area contributed by atoms with Gasteiger partial charge in [0.15, 0.2) is 0 Å². The largest absolute Gasteiger partial charge is 0.371 e. The van der Waals surface area contributed by atoms with Gasteiger partial charge in [0.2, 0.25) is 0 Å². The average molecular weight is 142 g/mol. The monoisotopic (exact) mass is 142 g/mol. The smallest absolute Gasteiger partial charge is 0.0866 e. The Kier molecular flexibility index (Phi) is 2.86. The molecular weight excluding hydrogens is 128 g/mol. The molecule has 1 rings (SSSR count). The van der Waals surface area contributed by atoms with Gasteiger partial charge in [-0.3, -0.25) is 0 Å². The Morgan fingerprint density at radius 1 is 1.70 bits per heavy atom. The van der Waals surface area contributed by atoms with Crippen molar-refractivity contribution in [3.63, 3.8) is 0 Å². The van der Waals surface area contributed by atoms with E-state index >= 15 is 0 Å². The third kappa shape index (κ3) is 1.80. The van der Waals surface area contributed by atoms with Crippen molar-refractivity contribution in [2.45, 2.75) is 12.1 Å². The zero-order valence-electron chi connectivity index (χ0n) is 6.05. The zero-order chi connectivity index (χ0) is 7.40. The maximum atomic E-state index is 5.70. The van der Waals surface area contributed by atoms with Gasteiger partial charge in [-0.25, -0.2) is 0 Å². The highest BCUT2D eigenvalue weighted by Crippen LogP contribution is 2.01. The van der Waals surface area contributed by atoms with E-state index < -0.39 is 0 Å². The highest BCUT2D eigenvalue weighted by Gasteiger charge is 2.23. The summed E-state index contributed by atoms with van der Waals surface area (Å²) in [4.78, 5) is 0. The molecule has 58 valence electrons. The van der Waals surface area contributed by atoms with Gasteiger partial charge in [0.05, 0.1) is 12.7 Å². The first-order chi connectivity index (χ1) is 4.84. The Morgan fingerprint density at radius 3 is 3.00 bits per heavy atom. The molecule has 1 fully saturated rings. The maximum absolute atomic E-state index is 5.70. The van der Waals surface area contributed by atoms with Gasteiger partial charge in [0, 0.05) is 19.1 Å². The molecule has 0 spiro atoms. The molecule has 0 aromatic heterocycles. The van der Waals surface area contributed by atoms with Crippen LogP contribution in [0.25, 0.3) is 0 Å². The second kappa shape index (κ2) is 3.71. The molecule has 1 aliphatic heterocycles. The van der Waals surface area contributed by atoms with Gasteiger partial charge in [-0.05, 0) is 0 Å². The summed E-state index contributed by atoms with van der Waals surface area (Å²) >= 11 is 0. The predicted molar refractivity (Wildman–Crippen MR) is 40.8 cm³/mol. The quantitative estimate of drug-likeness (QED) is 0.522. The lowest BCUT2D eigenvalue weighted by Crippen LogP contribution is -2.35. The average Bonchev–Trinajstić information content (AvgIpc) is 2.31. The van der Waals surface area contributed by atoms with Crippen molar-refractivity contribution in [3.8, 4) is 0 Å². The van der Waals surface area contributed by atoms with Gasteiger partial charge in [-0.15, -0.1) is 6.58 Å². The fourth-order valence-corrected chi connectivity index (χ4v) is 1.05. The summed E-state index contributed by atoms with van der Waals surface area (Å²) in [5.41, 5.74) is 5.70. The maximum Gasteiger partial charge on any atom is 0.0866 e. The van der Waals surface area contributed by atoms with Crippen LogP contribution in [0, 0.1) is 0 Å². The van der Waals surface area contributed by atoms with Crippen molar-refractivity contribution in [1.29, 1.82) is 0 Å². The van der Waals surface area contributed by atoms with Crippen LogP contribution < -0.4 is 11.1 Å². The summed E-state index contributed by atoms with van der Waals surface area (Å²) in [5, 5.41) is 3.15. The molecule has 0 aliphatic carbocycles. The Balaban J connectivity index is 2.19. The molecule has 0 saturated carbocycles. The predicted octanol–water partition coefficient (Wildman–Crippen LogP) is -0.512. The van der Waals surface area contributed by atoms with Crippen molar-refractivity contribution in [2.24, 2.45) is 5.73 Å². The first kappa shape index (κ1) is 7.72. The number of rotatable bonds is 3. The third-order valence-corrected chi connectivity index (χ3v) is 1.63. The summed E-state index contributed by atoms with van der Waals surface area (Å²) in [6, 6.07) is 0.153. The van der Waals surface area contributed by atoms with Crippen LogP contribution >= 0.6 is 0 Å². The normalized spacial score (nSPS) is 32.5. The highest BCUT2D eigenvalue weighted by molar-refractivity contribution is 4.85. The number of hydrogen-bond donors (Lipinski definition) is 2. The van der Waals surface area contributed by atoms with E-state index in [1.807, 2.05) is 0 Å². The molecule has 0 aromatic rings. The van der Waals surface area contributed by atoms with E-state index in [9.17, 15) is 0 Å². The first-order valence-corrected chi connectivity index (χ1v) is 3.53. The van der Waals surface area contributed by atoms with E-state index in [-0.39, 0.29) is 12.1 Å². The van der Waals surface area contributed by atoms with Crippen LogP contribution in [0.5, 0.6) is 0 Å². The van der Waals surface area contributed by atoms with Crippen LogP contribution in [-0.4, -0.2) is 31.8 Å². The lowest BCUT2D eigenvalue weighted by Gasteiger charge is -2.13. The Labute approximate surface area is 61.2 Å². The first-order valence-electron chi connectivity index (χ1n) is 3.53. The number of hydrogen-bond acceptors (Lipinski definition) is 3. The van der Waals surface area contributed by atoms with Gasteiger partial charge >= 0.3 is 0 Å². The molecule has 1 aliphatic rings. The summed E-state index contributed by atoms with van der Waals surface area (Å²) in [7, 11) is 0. The molecule has 0 aromatic carbocycles. The number of ether oxygens (including phenoxy) is 1. The summed E-state index contributed by atoms with van der Waals surface area (Å²) in [6.45, 7) is 5.89. The minimum Gasteiger partial charge on any atom is -0.371 e. The fourth-order valence-electron chi connectivity index (χ4n) is 1.05. The molecule has 0 bridgehead atoms. The van der Waals surface area contributed by atoms with E-state index in [4.69, 9.17) is 10.5 Å². The minimum atomic E-state index is 0.153. The molecule has 2 atom stereocenters. The SMILES string of the molecule is C=CCO[C@@H]1CNC[C@H]1N. The van der Waals surface area contributed by atoms with E-state index in [1.165, 1.54) is 0 Å². The molecule has 0 unspecified atom stereocenters. The van der Waals surface area contributed by atoms with E-state index in [2.05, 4.69) is 11.9 Å². The summed E-state index contributed by atoms with van der Waals surface area (Å²) in [6.07, 6.45) is 1.92. The lowest BCUT2D eigenvalue weighted by molar-refractivity contribution is 0.0786. The van der Waals surface area contributed by atoms with Crippen LogP contribution in [0.4, 0.5) is 0 Å². The molecular formula is C7H14N2O. The molecule has 3 nitrogen and oxygen atoms in total. The van der Waals surface area contributed by atoms with E-state index in [1.54, 1.807) is 6.08 Å². The second-order valence-electron chi connectivity index (χ2n) is 2.48. The van der Waals surface area contributed by atoms with Gasteiger partial charge in [-0.2, -0.15) is 0 Å². The third-order valence-electron chi connectivity index (χ3n) is 1.63. The molecule has 10 heavy (non-hydrogen) atoms. The summed E-state index contributed by atoms with van der Waals surface area (Å²) in [5.74, 6) is 0. The van der Waals surface area contributed by atoms with Crippen LogP contribution in [0.3, 0.4) is 0 Å². The van der Waals surface area contributed by atoms with Crippen molar-refractivity contribution in [1.82, 2.24) is 5.32 Å². The second-order valence-corrected chi connectivity index (χ2v) is 2.48. The Bertz CT molecular complexity index is 116. The standard InChI is InChI=1S/C7H14N2O/c1-2-3-10-7-5-9-4-6(7)8/h2,6-7,9H,1,3-5,8H2/t6-,7-/m1/s1. The topological polar surface area (TPSA) is 47.3 Å². The molecule has 3 heteroatoms. The molecule has 1 saturated heterocycles. The van der Waals surface area contributed by atoms with Crippen molar-refractivity contribution < 1.29 is 4.74 Å². The van der Waals surface area contributed by atoms with Gasteiger partial charge in [-0.1, -0.05) is 6.08 Å². The zero-order valence-corrected chi connectivity index (χ0v) is 6.05. The van der Waals surface area contributed by atoms with Crippen LogP contribution in [0.15, 0.2) is 12.7 Å². The minimum absolute atomic E-state index is 0.153. The van der Waals surface area contributed by atoms with Crippen molar-refractivity contribution in [3.05, 3.63) is 12.7 Å². The number of nitrogens with one attached hydrogen (secondary N) is 1. The summed E-state index contributed by atoms with van der Waals surface area (Å²) < 4.78 is 5.36. The lowest BCUT2D eigenvalue weighted by atomic mass is 10.2. The van der Waals surface area contributed by atoms with Crippen LogP contribution in [-0.2, 0) is 4.74 Å². The van der Waals surface area contributed by atoms with E-state index in [0.29, 0.717) is 6.61 Å². The van der Waals surface area contributed by atoms with E-state index in [0.717, 1.165) is 13.1 Å². The van der Waals surface area contributed by atoms with Crippen molar-refractivity contribution in [2.75, 3.05) is 19.7 Å². The van der Waals surface area contributed by atoms with Gasteiger partial charge in [0.25, 0.3) is 0 Å². The number of nitrogens with two attached hydrogens (primary N) is 1. The fraction of sp³-hybridized carbons (Fsp3) is 0.714. The Morgan fingerprint density at radius 2 is 2.50 bits per heavy atom. The Hall–Kier alpha value is -0.380.